The van der Waals surface area contributed by atoms with Crippen LogP contribution in [0.5, 0.6) is 11.5 Å². The zero-order valence-electron chi connectivity index (χ0n) is 17.7. The van der Waals surface area contributed by atoms with Crippen molar-refractivity contribution in [2.75, 3.05) is 56.4 Å². The third-order valence-electron chi connectivity index (χ3n) is 5.57. The number of nitrogens with zero attached hydrogens (tertiary/aromatic N) is 5. The Kier molecular flexibility index (Phi) is 6.04. The van der Waals surface area contributed by atoms with E-state index in [0.717, 1.165) is 68.2 Å². The van der Waals surface area contributed by atoms with Gasteiger partial charge in [0, 0.05) is 58.1 Å². The molecule has 0 radical (unpaired) electrons. The van der Waals surface area contributed by atoms with Crippen LogP contribution in [0.1, 0.15) is 31.0 Å². The molecule has 2 aliphatic heterocycles. The molecule has 3 heterocycles. The molecule has 1 fully saturated rings. The maximum Gasteiger partial charge on any atom is 0.231 e. The number of aromatic nitrogens is 2. The van der Waals surface area contributed by atoms with E-state index >= 15 is 0 Å². The molecule has 0 N–H and O–H groups in total. The van der Waals surface area contributed by atoms with Crippen LogP contribution in [-0.2, 0) is 6.54 Å². The lowest BCUT2D eigenvalue weighted by Crippen LogP contribution is -2.46. The summed E-state index contributed by atoms with van der Waals surface area (Å²) in [7, 11) is 2.12. The van der Waals surface area contributed by atoms with E-state index in [1.807, 2.05) is 6.07 Å². The molecule has 0 aliphatic carbocycles. The minimum atomic E-state index is 0.323. The van der Waals surface area contributed by atoms with E-state index in [4.69, 9.17) is 19.4 Å². The fraction of sp³-hybridized carbons (Fsp3) is 0.545. The highest BCUT2D eigenvalue weighted by Gasteiger charge is 2.21. The van der Waals surface area contributed by atoms with Crippen LogP contribution in [0.2, 0.25) is 0 Å². The lowest BCUT2D eigenvalue weighted by atomic mass is 10.1. The molecule has 7 nitrogen and oxygen atoms in total. The van der Waals surface area contributed by atoms with Crippen molar-refractivity contribution >= 4 is 11.8 Å². The third-order valence-corrected chi connectivity index (χ3v) is 5.57. The van der Waals surface area contributed by atoms with Crippen molar-refractivity contribution in [3.63, 3.8) is 0 Å². The number of fused-ring (bicyclic) bond motifs is 1. The van der Waals surface area contributed by atoms with Gasteiger partial charge in [0.1, 0.15) is 5.82 Å². The molecule has 1 saturated heterocycles. The van der Waals surface area contributed by atoms with Gasteiger partial charge in [0.15, 0.2) is 11.5 Å². The standard InChI is InChI=1S/C22H31N5O2/c1-4-5-8-25(3)21-13-17(2)23-22(24-21)27-11-9-26(10-12-27)15-18-6-7-19-20(14-18)29-16-28-19/h6-7,13-14H,4-5,8-12,15-16H2,1-3H3. The topological polar surface area (TPSA) is 54.0 Å². The first-order valence-electron chi connectivity index (χ1n) is 10.5. The molecule has 4 rings (SSSR count). The predicted molar refractivity (Wildman–Crippen MR) is 115 cm³/mol. The van der Waals surface area contributed by atoms with Gasteiger partial charge < -0.3 is 19.3 Å². The van der Waals surface area contributed by atoms with Gasteiger partial charge in [0.2, 0.25) is 12.7 Å². The molecule has 2 aliphatic rings. The number of anilines is 2. The van der Waals surface area contributed by atoms with Crippen molar-refractivity contribution in [3.8, 4) is 11.5 Å². The van der Waals surface area contributed by atoms with Gasteiger partial charge in [-0.25, -0.2) is 4.98 Å². The number of unbranched alkanes of at least 4 members (excludes halogenated alkanes) is 1. The first-order valence-corrected chi connectivity index (χ1v) is 10.5. The Balaban J connectivity index is 1.36. The summed E-state index contributed by atoms with van der Waals surface area (Å²) in [5.74, 6) is 3.57. The second-order valence-electron chi connectivity index (χ2n) is 7.89. The van der Waals surface area contributed by atoms with Gasteiger partial charge in [-0.15, -0.1) is 0 Å². The van der Waals surface area contributed by atoms with Crippen LogP contribution in [0.3, 0.4) is 0 Å². The molecule has 29 heavy (non-hydrogen) atoms. The van der Waals surface area contributed by atoms with Crippen molar-refractivity contribution in [3.05, 3.63) is 35.5 Å². The summed E-state index contributed by atoms with van der Waals surface area (Å²) < 4.78 is 10.9. The quantitative estimate of drug-likeness (QED) is 0.712. The molecule has 1 aromatic carbocycles. The molecule has 7 heteroatoms. The smallest absolute Gasteiger partial charge is 0.231 e. The maximum atomic E-state index is 5.50. The molecule has 0 atom stereocenters. The fourth-order valence-electron chi connectivity index (χ4n) is 3.79. The lowest BCUT2D eigenvalue weighted by Gasteiger charge is -2.35. The number of hydrogen-bond donors (Lipinski definition) is 0. The van der Waals surface area contributed by atoms with E-state index in [0.29, 0.717) is 6.79 Å². The van der Waals surface area contributed by atoms with Gasteiger partial charge in [-0.05, 0) is 31.0 Å². The van der Waals surface area contributed by atoms with Gasteiger partial charge in [-0.2, -0.15) is 4.98 Å². The maximum absolute atomic E-state index is 5.50. The van der Waals surface area contributed by atoms with Crippen LogP contribution >= 0.6 is 0 Å². The van der Waals surface area contributed by atoms with Crippen LogP contribution in [0, 0.1) is 6.92 Å². The van der Waals surface area contributed by atoms with Crippen molar-refractivity contribution < 1.29 is 9.47 Å². The Hall–Kier alpha value is -2.54. The Morgan fingerprint density at radius 1 is 1.03 bits per heavy atom. The number of piperazine rings is 1. The summed E-state index contributed by atoms with van der Waals surface area (Å²) in [4.78, 5) is 16.6. The molecule has 0 unspecified atom stereocenters. The molecule has 156 valence electrons. The number of benzene rings is 1. The van der Waals surface area contributed by atoms with Gasteiger partial charge in [-0.1, -0.05) is 19.4 Å². The second kappa shape index (κ2) is 8.86. The highest BCUT2D eigenvalue weighted by atomic mass is 16.7. The normalized spacial score (nSPS) is 16.3. The van der Waals surface area contributed by atoms with Crippen LogP contribution in [0.15, 0.2) is 24.3 Å². The molecule has 0 saturated carbocycles. The molecule has 0 amide bonds. The lowest BCUT2D eigenvalue weighted by molar-refractivity contribution is 0.174. The minimum Gasteiger partial charge on any atom is -0.454 e. The van der Waals surface area contributed by atoms with E-state index in [9.17, 15) is 0 Å². The van der Waals surface area contributed by atoms with E-state index in [-0.39, 0.29) is 0 Å². The van der Waals surface area contributed by atoms with Crippen molar-refractivity contribution in [2.24, 2.45) is 0 Å². The molecule has 1 aromatic heterocycles. The highest BCUT2D eigenvalue weighted by molar-refractivity contribution is 5.46. The van der Waals surface area contributed by atoms with Crippen molar-refractivity contribution in [1.82, 2.24) is 14.9 Å². The van der Waals surface area contributed by atoms with Crippen molar-refractivity contribution in [2.45, 2.75) is 33.2 Å². The zero-order chi connectivity index (χ0) is 20.2. The van der Waals surface area contributed by atoms with Gasteiger partial charge in [0.25, 0.3) is 0 Å². The SMILES string of the molecule is CCCCN(C)c1cc(C)nc(N2CCN(Cc3ccc4c(c3)OCO4)CC2)n1. The minimum absolute atomic E-state index is 0.323. The van der Waals surface area contributed by atoms with Gasteiger partial charge in [-0.3, -0.25) is 4.90 Å². The molecule has 0 bridgehead atoms. The average molecular weight is 398 g/mol. The highest BCUT2D eigenvalue weighted by Crippen LogP contribution is 2.33. The number of ether oxygens (including phenoxy) is 2. The average Bonchev–Trinajstić information content (AvgIpc) is 3.20. The van der Waals surface area contributed by atoms with Gasteiger partial charge >= 0.3 is 0 Å². The predicted octanol–water partition coefficient (Wildman–Crippen LogP) is 3.07. The first-order chi connectivity index (χ1) is 14.1. The fourth-order valence-corrected chi connectivity index (χ4v) is 3.79. The van der Waals surface area contributed by atoms with Gasteiger partial charge in [0.05, 0.1) is 0 Å². The van der Waals surface area contributed by atoms with Crippen molar-refractivity contribution in [1.29, 1.82) is 0 Å². The van der Waals surface area contributed by atoms with E-state index in [1.54, 1.807) is 0 Å². The zero-order valence-corrected chi connectivity index (χ0v) is 17.7. The summed E-state index contributed by atoms with van der Waals surface area (Å²) in [6.07, 6.45) is 2.36. The first kappa shape index (κ1) is 19.8. The van der Waals surface area contributed by atoms with Crippen LogP contribution in [0.4, 0.5) is 11.8 Å². The largest absolute Gasteiger partial charge is 0.454 e. The Bertz CT molecular complexity index is 836. The molecular weight excluding hydrogens is 366 g/mol. The number of aryl methyl sites for hydroxylation is 1. The van der Waals surface area contributed by atoms with Crippen LogP contribution < -0.4 is 19.3 Å². The second-order valence-corrected chi connectivity index (χ2v) is 7.89. The summed E-state index contributed by atoms with van der Waals surface area (Å²) in [5, 5.41) is 0. The molecule has 2 aromatic rings. The summed E-state index contributed by atoms with van der Waals surface area (Å²) in [6.45, 7) is 10.4. The molecule has 0 spiro atoms. The number of rotatable bonds is 7. The summed E-state index contributed by atoms with van der Waals surface area (Å²) in [5.41, 5.74) is 2.28. The van der Waals surface area contributed by atoms with Crippen LogP contribution in [0.25, 0.3) is 0 Å². The summed E-state index contributed by atoms with van der Waals surface area (Å²) >= 11 is 0. The monoisotopic (exact) mass is 397 g/mol. The van der Waals surface area contributed by atoms with E-state index in [1.165, 1.54) is 18.4 Å². The Labute approximate surface area is 173 Å². The van der Waals surface area contributed by atoms with E-state index in [2.05, 4.69) is 53.8 Å². The Morgan fingerprint density at radius 2 is 1.83 bits per heavy atom. The third kappa shape index (κ3) is 4.72. The van der Waals surface area contributed by atoms with Crippen LogP contribution in [-0.4, -0.2) is 61.4 Å². The van der Waals surface area contributed by atoms with E-state index < -0.39 is 0 Å². The number of hydrogen-bond acceptors (Lipinski definition) is 7. The summed E-state index contributed by atoms with van der Waals surface area (Å²) in [6, 6.07) is 8.30. The molecular formula is C22H31N5O2. The Morgan fingerprint density at radius 3 is 2.62 bits per heavy atom.